The Morgan fingerprint density at radius 1 is 1.33 bits per heavy atom. The summed E-state index contributed by atoms with van der Waals surface area (Å²) >= 11 is 5.72. The van der Waals surface area contributed by atoms with Crippen LogP contribution in [0.25, 0.3) is 0 Å². The van der Waals surface area contributed by atoms with E-state index in [4.69, 9.17) is 21.6 Å². The van der Waals surface area contributed by atoms with E-state index in [0.717, 1.165) is 5.56 Å². The molecule has 106 valence electrons. The Kier molecular flexibility index (Phi) is 4.41. The lowest BCUT2D eigenvalue weighted by molar-refractivity contribution is -0.385. The van der Waals surface area contributed by atoms with Crippen LogP contribution in [-0.2, 0) is 5.88 Å². The van der Waals surface area contributed by atoms with Crippen LogP contribution in [0.2, 0.25) is 0 Å². The van der Waals surface area contributed by atoms with Gasteiger partial charge in [0.1, 0.15) is 17.6 Å². The minimum atomic E-state index is -0.468. The molecule has 5 nitrogen and oxygen atoms in total. The lowest BCUT2D eigenvalue weighted by Gasteiger charge is -2.10. The van der Waals surface area contributed by atoms with Crippen molar-refractivity contribution in [1.82, 2.24) is 0 Å². The summed E-state index contributed by atoms with van der Waals surface area (Å²) in [5.74, 6) is 0.986. The minimum absolute atomic E-state index is 0.0246. The predicted octanol–water partition coefficient (Wildman–Crippen LogP) is 4.31. The van der Waals surface area contributed by atoms with Gasteiger partial charge < -0.3 is 4.74 Å². The van der Waals surface area contributed by atoms with Gasteiger partial charge >= 0.3 is 0 Å². The fraction of sp³-hybridized carbons (Fsp3) is 0.133. The number of halogens is 1. The molecule has 0 radical (unpaired) electrons. The van der Waals surface area contributed by atoms with E-state index < -0.39 is 4.92 Å². The molecule has 0 atom stereocenters. The van der Waals surface area contributed by atoms with Gasteiger partial charge in [0.25, 0.3) is 5.69 Å². The van der Waals surface area contributed by atoms with Crippen LogP contribution in [0.15, 0.2) is 36.4 Å². The Hall–Kier alpha value is -2.58. The molecule has 0 saturated carbocycles. The largest absolute Gasteiger partial charge is 0.455 e. The number of nitriles is 1. The Morgan fingerprint density at radius 2 is 2.10 bits per heavy atom. The third-order valence-electron chi connectivity index (χ3n) is 2.99. The van der Waals surface area contributed by atoms with Gasteiger partial charge in [-0.25, -0.2) is 0 Å². The van der Waals surface area contributed by atoms with Crippen LogP contribution in [-0.4, -0.2) is 4.92 Å². The van der Waals surface area contributed by atoms with Crippen molar-refractivity contribution in [1.29, 1.82) is 5.26 Å². The van der Waals surface area contributed by atoms with E-state index in [2.05, 4.69) is 0 Å². The molecule has 0 aliphatic heterocycles. The van der Waals surface area contributed by atoms with Gasteiger partial charge in [-0.05, 0) is 30.7 Å². The lowest BCUT2D eigenvalue weighted by atomic mass is 10.1. The summed E-state index contributed by atoms with van der Waals surface area (Å²) in [5.41, 5.74) is 1.52. The number of nitrogens with zero attached hydrogens (tertiary/aromatic N) is 2. The van der Waals surface area contributed by atoms with Gasteiger partial charge in [-0.2, -0.15) is 5.26 Å². The van der Waals surface area contributed by atoms with Crippen molar-refractivity contribution in [3.05, 3.63) is 63.2 Å². The van der Waals surface area contributed by atoms with Crippen molar-refractivity contribution in [3.8, 4) is 17.6 Å². The fourth-order valence-corrected chi connectivity index (χ4v) is 2.03. The molecule has 0 unspecified atom stereocenters. The Labute approximate surface area is 126 Å². The summed E-state index contributed by atoms with van der Waals surface area (Å²) in [7, 11) is 0. The monoisotopic (exact) mass is 302 g/mol. The average molecular weight is 303 g/mol. The van der Waals surface area contributed by atoms with Crippen LogP contribution >= 0.6 is 11.6 Å². The highest BCUT2D eigenvalue weighted by Gasteiger charge is 2.15. The van der Waals surface area contributed by atoms with Gasteiger partial charge in [-0.15, -0.1) is 11.6 Å². The number of alkyl halides is 1. The molecule has 2 aromatic rings. The molecule has 0 bridgehead atoms. The van der Waals surface area contributed by atoms with E-state index in [1.165, 1.54) is 6.07 Å². The van der Waals surface area contributed by atoms with E-state index in [9.17, 15) is 10.1 Å². The number of nitro benzene ring substituents is 1. The van der Waals surface area contributed by atoms with E-state index in [0.29, 0.717) is 28.5 Å². The topological polar surface area (TPSA) is 76.2 Å². The molecule has 0 aliphatic rings. The van der Waals surface area contributed by atoms with Crippen molar-refractivity contribution >= 4 is 17.3 Å². The zero-order valence-corrected chi connectivity index (χ0v) is 11.9. The number of ether oxygens (including phenoxy) is 1. The first kappa shape index (κ1) is 14.8. The second-order valence-corrected chi connectivity index (χ2v) is 4.60. The molecule has 0 aromatic heterocycles. The maximum Gasteiger partial charge on any atom is 0.276 e. The summed E-state index contributed by atoms with van der Waals surface area (Å²) in [6, 6.07) is 11.6. The summed E-state index contributed by atoms with van der Waals surface area (Å²) in [6.45, 7) is 1.60. The van der Waals surface area contributed by atoms with Crippen LogP contribution in [0, 0.1) is 28.4 Å². The van der Waals surface area contributed by atoms with Gasteiger partial charge in [0.15, 0.2) is 0 Å². The third kappa shape index (κ3) is 3.12. The van der Waals surface area contributed by atoms with Gasteiger partial charge in [0, 0.05) is 11.9 Å². The Bertz CT molecular complexity index is 738. The van der Waals surface area contributed by atoms with Gasteiger partial charge in [-0.3, -0.25) is 10.1 Å². The van der Waals surface area contributed by atoms with E-state index in [1.54, 1.807) is 37.3 Å². The van der Waals surface area contributed by atoms with Gasteiger partial charge in [0.05, 0.1) is 16.1 Å². The molecule has 0 aliphatic carbocycles. The third-order valence-corrected chi connectivity index (χ3v) is 3.30. The Morgan fingerprint density at radius 3 is 2.71 bits per heavy atom. The van der Waals surface area contributed by atoms with Crippen molar-refractivity contribution in [3.63, 3.8) is 0 Å². The van der Waals surface area contributed by atoms with E-state index in [1.807, 2.05) is 6.07 Å². The molecule has 0 amide bonds. The maximum atomic E-state index is 10.9. The molecular weight excluding hydrogens is 292 g/mol. The molecule has 2 aromatic carbocycles. The molecule has 0 spiro atoms. The summed E-state index contributed by atoms with van der Waals surface area (Å²) < 4.78 is 5.65. The highest BCUT2D eigenvalue weighted by atomic mass is 35.5. The highest BCUT2D eigenvalue weighted by molar-refractivity contribution is 6.17. The van der Waals surface area contributed by atoms with Crippen LogP contribution in [0.3, 0.4) is 0 Å². The van der Waals surface area contributed by atoms with Crippen molar-refractivity contribution in [2.45, 2.75) is 12.8 Å². The zero-order valence-electron chi connectivity index (χ0n) is 11.2. The average Bonchev–Trinajstić information content (AvgIpc) is 2.49. The Balaban J connectivity index is 2.42. The first-order valence-electron chi connectivity index (χ1n) is 6.07. The molecule has 2 rings (SSSR count). The second kappa shape index (κ2) is 6.25. The quantitative estimate of drug-likeness (QED) is 0.479. The summed E-state index contributed by atoms with van der Waals surface area (Å²) in [5, 5.41) is 20.1. The van der Waals surface area contributed by atoms with Crippen LogP contribution < -0.4 is 4.74 Å². The molecule has 6 heteroatoms. The lowest BCUT2D eigenvalue weighted by Crippen LogP contribution is -1.96. The molecule has 21 heavy (non-hydrogen) atoms. The smallest absolute Gasteiger partial charge is 0.276 e. The molecule has 0 saturated heterocycles. The van der Waals surface area contributed by atoms with Crippen LogP contribution in [0.1, 0.15) is 16.7 Å². The molecule has 0 heterocycles. The normalized spacial score (nSPS) is 9.95. The molecular formula is C15H11ClN2O3. The summed E-state index contributed by atoms with van der Waals surface area (Å²) in [4.78, 5) is 10.4. The zero-order chi connectivity index (χ0) is 15.4. The summed E-state index contributed by atoms with van der Waals surface area (Å²) in [6.07, 6.45) is 0. The number of hydrogen-bond donors (Lipinski definition) is 0. The van der Waals surface area contributed by atoms with Crippen LogP contribution in [0.5, 0.6) is 11.5 Å². The van der Waals surface area contributed by atoms with E-state index in [-0.39, 0.29) is 5.69 Å². The van der Waals surface area contributed by atoms with Crippen molar-refractivity contribution in [2.24, 2.45) is 0 Å². The standard InChI is InChI=1S/C15H11ClN2O3/c1-10-13(18(19)20)3-2-4-14(10)21-15-6-5-11(8-16)7-12(15)9-17/h2-7H,8H2,1H3. The number of hydrogen-bond acceptors (Lipinski definition) is 4. The van der Waals surface area contributed by atoms with Crippen molar-refractivity contribution in [2.75, 3.05) is 0 Å². The molecule has 0 fully saturated rings. The first-order valence-corrected chi connectivity index (χ1v) is 6.61. The van der Waals surface area contributed by atoms with Gasteiger partial charge in [0.2, 0.25) is 0 Å². The van der Waals surface area contributed by atoms with Gasteiger partial charge in [-0.1, -0.05) is 12.1 Å². The predicted molar refractivity (Wildman–Crippen MR) is 78.6 cm³/mol. The van der Waals surface area contributed by atoms with Crippen molar-refractivity contribution < 1.29 is 9.66 Å². The SMILES string of the molecule is Cc1c(Oc2ccc(CCl)cc2C#N)cccc1[N+](=O)[O-]. The molecule has 0 N–H and O–H groups in total. The van der Waals surface area contributed by atoms with Crippen LogP contribution in [0.4, 0.5) is 5.69 Å². The number of benzene rings is 2. The minimum Gasteiger partial charge on any atom is -0.455 e. The highest BCUT2D eigenvalue weighted by Crippen LogP contribution is 2.32. The number of nitro groups is 1. The fourth-order valence-electron chi connectivity index (χ4n) is 1.87. The maximum absolute atomic E-state index is 10.9. The number of rotatable bonds is 4. The second-order valence-electron chi connectivity index (χ2n) is 4.34. The first-order chi connectivity index (χ1) is 10.1. The van der Waals surface area contributed by atoms with E-state index >= 15 is 0 Å².